The molecular weight excluding hydrogens is 236 g/mol. The molecule has 0 aliphatic heterocycles. The molecule has 1 heteroatoms. The molecule has 0 N–H and O–H groups in total. The Morgan fingerprint density at radius 3 is 2.44 bits per heavy atom. The zero-order valence-electron chi connectivity index (χ0n) is 10.5. The van der Waals surface area contributed by atoms with Crippen LogP contribution in [0.5, 0.6) is 0 Å². The topological polar surface area (TPSA) is 0 Å². The number of rotatable bonds is 3. The summed E-state index contributed by atoms with van der Waals surface area (Å²) < 4.78 is 0. The zero-order valence-corrected chi connectivity index (χ0v) is 11.3. The number of thioether (sulfide) groups is 1. The monoisotopic (exact) mass is 252 g/mol. The van der Waals surface area contributed by atoms with Crippen LogP contribution in [0, 0.1) is 18.1 Å². The normalized spacial score (nSPS) is 9.61. The highest BCUT2D eigenvalue weighted by Gasteiger charge is 1.94. The summed E-state index contributed by atoms with van der Waals surface area (Å²) in [5, 5.41) is 3.16. The van der Waals surface area contributed by atoms with Gasteiger partial charge in [-0.3, -0.25) is 0 Å². The predicted octanol–water partition coefficient (Wildman–Crippen LogP) is 4.68. The van der Waals surface area contributed by atoms with Gasteiger partial charge in [0, 0.05) is 11.3 Å². The van der Waals surface area contributed by atoms with Gasteiger partial charge in [0.25, 0.3) is 0 Å². The minimum Gasteiger partial charge on any atom is -0.0906 e. The van der Waals surface area contributed by atoms with Crippen molar-refractivity contribution in [1.29, 1.82) is 0 Å². The van der Waals surface area contributed by atoms with Crippen LogP contribution in [-0.2, 0) is 6.42 Å². The molecule has 0 heterocycles. The van der Waals surface area contributed by atoms with Crippen LogP contribution >= 0.6 is 11.8 Å². The quantitative estimate of drug-likeness (QED) is 0.564. The number of hydrogen-bond donors (Lipinski definition) is 0. The van der Waals surface area contributed by atoms with E-state index in [1.54, 1.807) is 11.8 Å². The fraction of sp³-hybridized carbons (Fsp3) is 0.176. The van der Waals surface area contributed by atoms with Crippen LogP contribution in [0.1, 0.15) is 17.5 Å². The van der Waals surface area contributed by atoms with Crippen molar-refractivity contribution in [2.45, 2.75) is 24.7 Å². The van der Waals surface area contributed by atoms with Gasteiger partial charge in [-0.25, -0.2) is 0 Å². The van der Waals surface area contributed by atoms with Crippen molar-refractivity contribution < 1.29 is 0 Å². The number of aryl methyl sites for hydroxylation is 2. The van der Waals surface area contributed by atoms with Crippen LogP contribution in [0.15, 0.2) is 59.5 Å². The second kappa shape index (κ2) is 6.93. The van der Waals surface area contributed by atoms with Crippen molar-refractivity contribution in [1.82, 2.24) is 0 Å². The first-order valence-electron chi connectivity index (χ1n) is 6.10. The van der Waals surface area contributed by atoms with E-state index in [1.165, 1.54) is 16.0 Å². The summed E-state index contributed by atoms with van der Waals surface area (Å²) in [7, 11) is 0. The number of hydrogen-bond acceptors (Lipinski definition) is 1. The molecule has 2 aromatic rings. The molecule has 90 valence electrons. The first-order chi connectivity index (χ1) is 8.86. The molecule has 0 bridgehead atoms. The van der Waals surface area contributed by atoms with Gasteiger partial charge in [-0.2, -0.15) is 0 Å². The molecule has 0 unspecified atom stereocenters. The van der Waals surface area contributed by atoms with Crippen LogP contribution < -0.4 is 0 Å². The lowest BCUT2D eigenvalue weighted by atomic mass is 10.0. The van der Waals surface area contributed by atoms with Gasteiger partial charge in [0.2, 0.25) is 0 Å². The van der Waals surface area contributed by atoms with E-state index in [4.69, 9.17) is 0 Å². The van der Waals surface area contributed by atoms with E-state index < -0.39 is 0 Å². The molecule has 0 aliphatic carbocycles. The van der Waals surface area contributed by atoms with Crippen LogP contribution in [-0.4, -0.2) is 0 Å². The molecule has 0 aromatic heterocycles. The Labute approximate surface area is 113 Å². The molecule has 0 aliphatic rings. The molecule has 0 spiro atoms. The summed E-state index contributed by atoms with van der Waals surface area (Å²) >= 11 is 1.60. The standard InChI is InChI=1S/C17H16S/c1-15-9-5-6-10-16(15)11-7-8-14-18-17-12-3-2-4-13-17/h2-6,9-10,12-13H,7,11H2,1H3. The van der Waals surface area contributed by atoms with Crippen molar-refractivity contribution >= 4 is 11.8 Å². The Balaban J connectivity index is 1.81. The third-order valence-electron chi connectivity index (χ3n) is 2.76. The highest BCUT2D eigenvalue weighted by Crippen LogP contribution is 2.15. The molecule has 2 rings (SSSR count). The summed E-state index contributed by atoms with van der Waals surface area (Å²) in [4.78, 5) is 1.21. The van der Waals surface area contributed by atoms with Crippen molar-refractivity contribution in [3.05, 3.63) is 65.7 Å². The fourth-order valence-corrected chi connectivity index (χ4v) is 2.31. The molecule has 18 heavy (non-hydrogen) atoms. The van der Waals surface area contributed by atoms with E-state index in [1.807, 2.05) is 18.2 Å². The minimum atomic E-state index is 0.921. The van der Waals surface area contributed by atoms with Crippen LogP contribution in [0.4, 0.5) is 0 Å². The molecular formula is C17H16S. The summed E-state index contributed by atoms with van der Waals surface area (Å²) in [5.41, 5.74) is 2.76. The zero-order chi connectivity index (χ0) is 12.6. The van der Waals surface area contributed by atoms with E-state index in [9.17, 15) is 0 Å². The Bertz CT molecular complexity index is 547. The van der Waals surface area contributed by atoms with E-state index in [-0.39, 0.29) is 0 Å². The third kappa shape index (κ3) is 3.98. The van der Waals surface area contributed by atoms with Gasteiger partial charge in [-0.05, 0) is 53.6 Å². The first kappa shape index (κ1) is 12.8. The smallest absolute Gasteiger partial charge is 0.0203 e. The summed E-state index contributed by atoms with van der Waals surface area (Å²) in [6.45, 7) is 2.15. The molecule has 2 aromatic carbocycles. The van der Waals surface area contributed by atoms with Gasteiger partial charge in [-0.1, -0.05) is 48.4 Å². The van der Waals surface area contributed by atoms with Crippen LogP contribution in [0.2, 0.25) is 0 Å². The molecule has 0 atom stereocenters. The van der Waals surface area contributed by atoms with Crippen molar-refractivity contribution in [3.8, 4) is 11.2 Å². The molecule has 0 saturated heterocycles. The molecule has 0 fully saturated rings. The Kier molecular flexibility index (Phi) is 4.93. The van der Waals surface area contributed by atoms with Crippen LogP contribution in [0.3, 0.4) is 0 Å². The van der Waals surface area contributed by atoms with Crippen molar-refractivity contribution in [2.24, 2.45) is 0 Å². The molecule has 0 saturated carbocycles. The Morgan fingerprint density at radius 2 is 1.67 bits per heavy atom. The minimum absolute atomic E-state index is 0.921. The van der Waals surface area contributed by atoms with E-state index >= 15 is 0 Å². The Hall–Kier alpha value is -1.65. The van der Waals surface area contributed by atoms with Gasteiger partial charge in [0.1, 0.15) is 0 Å². The van der Waals surface area contributed by atoms with Crippen LogP contribution in [0.25, 0.3) is 0 Å². The van der Waals surface area contributed by atoms with Gasteiger partial charge in [0.05, 0.1) is 0 Å². The Morgan fingerprint density at radius 1 is 0.944 bits per heavy atom. The first-order valence-corrected chi connectivity index (χ1v) is 6.92. The maximum absolute atomic E-state index is 3.22. The largest absolute Gasteiger partial charge is 0.0906 e. The summed E-state index contributed by atoms with van der Waals surface area (Å²) in [6, 6.07) is 18.8. The third-order valence-corrected chi connectivity index (χ3v) is 3.52. The van der Waals surface area contributed by atoms with E-state index in [0.717, 1.165) is 12.8 Å². The maximum atomic E-state index is 3.22. The summed E-state index contributed by atoms with van der Waals surface area (Å²) in [5.74, 6) is 3.22. The fourth-order valence-electron chi connectivity index (χ4n) is 1.72. The molecule has 0 amide bonds. The van der Waals surface area contributed by atoms with Gasteiger partial charge in [0.15, 0.2) is 0 Å². The summed E-state index contributed by atoms with van der Waals surface area (Å²) in [6.07, 6.45) is 1.96. The van der Waals surface area contributed by atoms with Gasteiger partial charge >= 0.3 is 0 Å². The van der Waals surface area contributed by atoms with Gasteiger partial charge in [-0.15, -0.1) is 0 Å². The molecule has 0 nitrogen and oxygen atoms in total. The van der Waals surface area contributed by atoms with Crippen molar-refractivity contribution in [2.75, 3.05) is 0 Å². The highest BCUT2D eigenvalue weighted by atomic mass is 32.2. The average Bonchev–Trinajstić information content (AvgIpc) is 2.42. The lowest BCUT2D eigenvalue weighted by molar-refractivity contribution is 1.01. The second-order valence-corrected chi connectivity index (χ2v) is 5.00. The van der Waals surface area contributed by atoms with Gasteiger partial charge < -0.3 is 0 Å². The van der Waals surface area contributed by atoms with Crippen molar-refractivity contribution in [3.63, 3.8) is 0 Å². The highest BCUT2D eigenvalue weighted by molar-refractivity contribution is 8.03. The molecule has 0 radical (unpaired) electrons. The second-order valence-electron chi connectivity index (χ2n) is 4.12. The average molecular weight is 252 g/mol. The lowest BCUT2D eigenvalue weighted by Crippen LogP contribution is -1.87. The lowest BCUT2D eigenvalue weighted by Gasteiger charge is -2.01. The maximum Gasteiger partial charge on any atom is 0.0203 e. The van der Waals surface area contributed by atoms with E-state index in [2.05, 4.69) is 54.5 Å². The van der Waals surface area contributed by atoms with E-state index in [0.29, 0.717) is 0 Å². The predicted molar refractivity (Wildman–Crippen MR) is 79.6 cm³/mol. The number of benzene rings is 2. The SMILES string of the molecule is Cc1ccccc1CCC#CSc1ccccc1.